The van der Waals surface area contributed by atoms with Crippen LogP contribution < -0.4 is 10.6 Å². The first-order chi connectivity index (χ1) is 8.72. The van der Waals surface area contributed by atoms with Gasteiger partial charge in [0.15, 0.2) is 5.82 Å². The second-order valence-corrected chi connectivity index (χ2v) is 4.79. The lowest BCUT2D eigenvalue weighted by Gasteiger charge is -2.15. The maximum Gasteiger partial charge on any atom is 0.158 e. The number of anilines is 2. The summed E-state index contributed by atoms with van der Waals surface area (Å²) in [6.07, 6.45) is 2.65. The lowest BCUT2D eigenvalue weighted by atomic mass is 10.2. The molecule has 1 aliphatic rings. The van der Waals surface area contributed by atoms with Crippen molar-refractivity contribution in [2.45, 2.75) is 39.3 Å². The molecule has 1 aromatic heterocycles. The maximum absolute atomic E-state index is 5.10. The Labute approximate surface area is 108 Å². The van der Waals surface area contributed by atoms with E-state index in [0.29, 0.717) is 18.5 Å². The molecule has 1 unspecified atom stereocenters. The Morgan fingerprint density at radius 3 is 2.72 bits per heavy atom. The second kappa shape index (κ2) is 6.00. The molecular weight excluding hydrogens is 228 g/mol. The molecule has 1 aromatic rings. The molecule has 0 radical (unpaired) electrons. The minimum absolute atomic E-state index is 0.436. The fourth-order valence-electron chi connectivity index (χ4n) is 1.98. The van der Waals surface area contributed by atoms with Crippen LogP contribution in [0, 0.1) is 5.92 Å². The number of nitrogens with zero attached hydrogens (tertiary/aromatic N) is 2. The van der Waals surface area contributed by atoms with Gasteiger partial charge in [-0.2, -0.15) is 0 Å². The summed E-state index contributed by atoms with van der Waals surface area (Å²) in [6.45, 7) is 5.55. The normalized spacial score (nSPS) is 16.4. The highest BCUT2D eigenvalue weighted by atomic mass is 16.5. The highest BCUT2D eigenvalue weighted by molar-refractivity contribution is 5.48. The molecule has 5 heteroatoms. The van der Waals surface area contributed by atoms with Crippen molar-refractivity contribution in [1.82, 2.24) is 9.97 Å². The van der Waals surface area contributed by atoms with Gasteiger partial charge in [-0.15, -0.1) is 0 Å². The molecule has 0 bridgehead atoms. The topological polar surface area (TPSA) is 59.1 Å². The van der Waals surface area contributed by atoms with E-state index in [1.165, 1.54) is 12.8 Å². The molecule has 1 aliphatic carbocycles. The first kappa shape index (κ1) is 13.1. The summed E-state index contributed by atoms with van der Waals surface area (Å²) in [7, 11) is 1.66. The van der Waals surface area contributed by atoms with Crippen LogP contribution in [-0.2, 0) is 11.3 Å². The van der Waals surface area contributed by atoms with Gasteiger partial charge >= 0.3 is 0 Å². The van der Waals surface area contributed by atoms with E-state index in [2.05, 4.69) is 34.4 Å². The predicted octanol–water partition coefficient (Wildman–Crippen LogP) is 2.27. The van der Waals surface area contributed by atoms with Gasteiger partial charge in [0.2, 0.25) is 0 Å². The van der Waals surface area contributed by atoms with E-state index < -0.39 is 0 Å². The Balaban J connectivity index is 2.10. The van der Waals surface area contributed by atoms with E-state index in [4.69, 9.17) is 4.74 Å². The molecule has 0 aliphatic heterocycles. The van der Waals surface area contributed by atoms with Crippen LogP contribution in [0.4, 0.5) is 11.6 Å². The van der Waals surface area contributed by atoms with Crippen molar-refractivity contribution in [3.63, 3.8) is 0 Å². The third-order valence-corrected chi connectivity index (χ3v) is 3.11. The number of aromatic nitrogens is 2. The summed E-state index contributed by atoms with van der Waals surface area (Å²) >= 11 is 0. The Morgan fingerprint density at radius 1 is 1.39 bits per heavy atom. The van der Waals surface area contributed by atoms with Crippen LogP contribution in [0.3, 0.4) is 0 Å². The van der Waals surface area contributed by atoms with Gasteiger partial charge in [-0.25, -0.2) is 9.97 Å². The SMILES string of the molecule is CCNc1cc(NC(C)C2CC2)nc(COC)n1. The Morgan fingerprint density at radius 2 is 2.11 bits per heavy atom. The molecule has 2 N–H and O–H groups in total. The summed E-state index contributed by atoms with van der Waals surface area (Å²) < 4.78 is 5.10. The summed E-state index contributed by atoms with van der Waals surface area (Å²) in [5.41, 5.74) is 0. The summed E-state index contributed by atoms with van der Waals surface area (Å²) in [5.74, 6) is 3.24. The standard InChI is InChI=1S/C13H22N4O/c1-4-14-11-7-12(15-9(2)10-5-6-10)17-13(16-11)8-18-3/h7,9-10H,4-6,8H2,1-3H3,(H2,14,15,16,17). The number of ether oxygens (including phenoxy) is 1. The number of nitrogens with one attached hydrogen (secondary N) is 2. The molecule has 1 fully saturated rings. The monoisotopic (exact) mass is 250 g/mol. The molecule has 1 heterocycles. The van der Waals surface area contributed by atoms with Crippen molar-refractivity contribution in [2.24, 2.45) is 5.92 Å². The predicted molar refractivity (Wildman–Crippen MR) is 72.7 cm³/mol. The Bertz CT molecular complexity index is 368. The van der Waals surface area contributed by atoms with Crippen LogP contribution in [0.25, 0.3) is 0 Å². The molecule has 1 saturated carbocycles. The van der Waals surface area contributed by atoms with Gasteiger partial charge < -0.3 is 15.4 Å². The second-order valence-electron chi connectivity index (χ2n) is 4.79. The molecular formula is C13H22N4O. The molecule has 0 amide bonds. The van der Waals surface area contributed by atoms with Gasteiger partial charge in [0, 0.05) is 25.8 Å². The van der Waals surface area contributed by atoms with Crippen molar-refractivity contribution >= 4 is 11.6 Å². The number of hydrogen-bond acceptors (Lipinski definition) is 5. The maximum atomic E-state index is 5.10. The van der Waals surface area contributed by atoms with Crippen molar-refractivity contribution < 1.29 is 4.74 Å². The average molecular weight is 250 g/mol. The van der Waals surface area contributed by atoms with E-state index in [1.54, 1.807) is 7.11 Å². The highest BCUT2D eigenvalue weighted by Crippen LogP contribution is 2.33. The lowest BCUT2D eigenvalue weighted by Crippen LogP contribution is -2.19. The minimum Gasteiger partial charge on any atom is -0.377 e. The summed E-state index contributed by atoms with van der Waals surface area (Å²) in [6, 6.07) is 2.44. The van der Waals surface area contributed by atoms with Crippen LogP contribution in [0.5, 0.6) is 0 Å². The van der Waals surface area contributed by atoms with Crippen LogP contribution >= 0.6 is 0 Å². The fraction of sp³-hybridized carbons (Fsp3) is 0.692. The largest absolute Gasteiger partial charge is 0.377 e. The van der Waals surface area contributed by atoms with Gasteiger partial charge in [-0.05, 0) is 32.6 Å². The molecule has 5 nitrogen and oxygen atoms in total. The van der Waals surface area contributed by atoms with Crippen LogP contribution in [0.15, 0.2) is 6.07 Å². The van der Waals surface area contributed by atoms with Gasteiger partial charge in [-0.1, -0.05) is 0 Å². The first-order valence-corrected chi connectivity index (χ1v) is 6.60. The molecule has 1 atom stereocenters. The van der Waals surface area contributed by atoms with Crippen LogP contribution in [0.1, 0.15) is 32.5 Å². The zero-order valence-corrected chi connectivity index (χ0v) is 11.4. The van der Waals surface area contributed by atoms with E-state index in [0.717, 1.165) is 24.1 Å². The smallest absolute Gasteiger partial charge is 0.158 e. The van der Waals surface area contributed by atoms with E-state index >= 15 is 0 Å². The molecule has 2 rings (SSSR count). The minimum atomic E-state index is 0.436. The van der Waals surface area contributed by atoms with Crippen molar-refractivity contribution in [2.75, 3.05) is 24.3 Å². The third-order valence-electron chi connectivity index (χ3n) is 3.11. The zero-order valence-electron chi connectivity index (χ0n) is 11.4. The molecule has 0 spiro atoms. The van der Waals surface area contributed by atoms with E-state index in [-0.39, 0.29) is 0 Å². The number of hydrogen-bond donors (Lipinski definition) is 2. The van der Waals surface area contributed by atoms with Crippen molar-refractivity contribution in [3.8, 4) is 0 Å². The third kappa shape index (κ3) is 3.57. The molecule has 18 heavy (non-hydrogen) atoms. The van der Waals surface area contributed by atoms with Crippen molar-refractivity contribution in [3.05, 3.63) is 11.9 Å². The van der Waals surface area contributed by atoms with Gasteiger partial charge in [0.25, 0.3) is 0 Å². The Kier molecular flexibility index (Phi) is 4.36. The number of methoxy groups -OCH3 is 1. The van der Waals surface area contributed by atoms with E-state index in [1.807, 2.05) is 6.07 Å². The average Bonchev–Trinajstić information content (AvgIpc) is 3.13. The lowest BCUT2D eigenvalue weighted by molar-refractivity contribution is 0.178. The van der Waals surface area contributed by atoms with Crippen LogP contribution in [-0.4, -0.2) is 29.7 Å². The molecule has 100 valence electrons. The first-order valence-electron chi connectivity index (χ1n) is 6.60. The Hall–Kier alpha value is -1.36. The van der Waals surface area contributed by atoms with Gasteiger partial charge in [0.1, 0.15) is 18.2 Å². The fourth-order valence-corrected chi connectivity index (χ4v) is 1.98. The zero-order chi connectivity index (χ0) is 13.0. The van der Waals surface area contributed by atoms with Gasteiger partial charge in [0.05, 0.1) is 0 Å². The number of rotatable bonds is 7. The summed E-state index contributed by atoms with van der Waals surface area (Å²) in [5, 5.41) is 6.67. The molecule has 0 aromatic carbocycles. The van der Waals surface area contributed by atoms with Gasteiger partial charge in [-0.3, -0.25) is 0 Å². The highest BCUT2D eigenvalue weighted by Gasteiger charge is 2.28. The van der Waals surface area contributed by atoms with Crippen molar-refractivity contribution in [1.29, 1.82) is 0 Å². The van der Waals surface area contributed by atoms with E-state index in [9.17, 15) is 0 Å². The summed E-state index contributed by atoms with van der Waals surface area (Å²) in [4.78, 5) is 8.86. The molecule has 0 saturated heterocycles. The van der Waals surface area contributed by atoms with Crippen LogP contribution in [0.2, 0.25) is 0 Å². The quantitative estimate of drug-likeness (QED) is 0.777.